The van der Waals surface area contributed by atoms with Crippen molar-refractivity contribution in [1.82, 2.24) is 14.8 Å². The summed E-state index contributed by atoms with van der Waals surface area (Å²) < 4.78 is 0. The van der Waals surface area contributed by atoms with Crippen molar-refractivity contribution in [3.05, 3.63) is 40.4 Å². The number of piperazine rings is 1. The molecule has 0 aliphatic carbocycles. The van der Waals surface area contributed by atoms with Crippen LogP contribution < -0.4 is 0 Å². The molecule has 2 heterocycles. The number of carbonyl (C=O) groups is 1. The maximum absolute atomic E-state index is 12.5. The van der Waals surface area contributed by atoms with Gasteiger partial charge < -0.3 is 9.80 Å². The molecule has 1 aromatic carbocycles. The van der Waals surface area contributed by atoms with E-state index in [4.69, 9.17) is 11.6 Å². The lowest BCUT2D eigenvalue weighted by Gasteiger charge is -2.33. The molecule has 116 valence electrons. The fourth-order valence-electron chi connectivity index (χ4n) is 2.56. The number of thiazole rings is 1. The van der Waals surface area contributed by atoms with E-state index in [0.29, 0.717) is 10.7 Å². The summed E-state index contributed by atoms with van der Waals surface area (Å²) in [6, 6.07) is 7.55. The van der Waals surface area contributed by atoms with Gasteiger partial charge in [0.15, 0.2) is 0 Å². The summed E-state index contributed by atoms with van der Waals surface area (Å²) >= 11 is 7.49. The summed E-state index contributed by atoms with van der Waals surface area (Å²) in [6.45, 7) is 6.61. The zero-order valence-electron chi connectivity index (χ0n) is 12.5. The Labute approximate surface area is 139 Å². The zero-order valence-corrected chi connectivity index (χ0v) is 14.0. The van der Waals surface area contributed by atoms with Gasteiger partial charge in [-0.1, -0.05) is 30.7 Å². The van der Waals surface area contributed by atoms with Gasteiger partial charge in [-0.05, 0) is 18.7 Å². The van der Waals surface area contributed by atoms with Gasteiger partial charge in [0.2, 0.25) is 0 Å². The summed E-state index contributed by atoms with van der Waals surface area (Å²) in [4.78, 5) is 21.3. The molecule has 0 N–H and O–H groups in total. The quantitative estimate of drug-likeness (QED) is 0.864. The van der Waals surface area contributed by atoms with Gasteiger partial charge in [0.1, 0.15) is 10.7 Å². The first-order valence-corrected chi connectivity index (χ1v) is 8.66. The van der Waals surface area contributed by atoms with Crippen molar-refractivity contribution in [2.75, 3.05) is 32.7 Å². The fourth-order valence-corrected chi connectivity index (χ4v) is 3.54. The van der Waals surface area contributed by atoms with E-state index in [0.717, 1.165) is 43.3 Å². The van der Waals surface area contributed by atoms with Crippen LogP contribution in [0.15, 0.2) is 29.6 Å². The van der Waals surface area contributed by atoms with E-state index in [1.54, 1.807) is 0 Å². The van der Waals surface area contributed by atoms with Crippen molar-refractivity contribution in [3.63, 3.8) is 0 Å². The second-order valence-corrected chi connectivity index (χ2v) is 6.57. The molecule has 1 aliphatic rings. The molecule has 1 amide bonds. The van der Waals surface area contributed by atoms with Gasteiger partial charge in [0.05, 0.1) is 0 Å². The van der Waals surface area contributed by atoms with Crippen molar-refractivity contribution >= 4 is 28.8 Å². The lowest BCUT2D eigenvalue weighted by Crippen LogP contribution is -2.48. The molecule has 2 aromatic rings. The van der Waals surface area contributed by atoms with Crippen LogP contribution in [-0.2, 0) is 0 Å². The molecule has 1 fully saturated rings. The number of rotatable bonds is 3. The lowest BCUT2D eigenvalue weighted by molar-refractivity contribution is 0.0638. The molecule has 0 bridgehead atoms. The molecule has 1 saturated heterocycles. The Morgan fingerprint density at radius 2 is 2.09 bits per heavy atom. The van der Waals surface area contributed by atoms with Crippen LogP contribution in [-0.4, -0.2) is 53.4 Å². The normalized spacial score (nSPS) is 16.0. The first-order chi connectivity index (χ1) is 10.7. The molecule has 22 heavy (non-hydrogen) atoms. The number of benzene rings is 1. The summed E-state index contributed by atoms with van der Waals surface area (Å²) in [7, 11) is 0. The highest BCUT2D eigenvalue weighted by Gasteiger charge is 2.23. The monoisotopic (exact) mass is 335 g/mol. The van der Waals surface area contributed by atoms with E-state index in [1.807, 2.05) is 34.5 Å². The number of hydrogen-bond acceptors (Lipinski definition) is 4. The topological polar surface area (TPSA) is 36.4 Å². The first-order valence-electron chi connectivity index (χ1n) is 7.40. The average molecular weight is 336 g/mol. The van der Waals surface area contributed by atoms with Crippen molar-refractivity contribution in [2.45, 2.75) is 6.92 Å². The number of aromatic nitrogens is 1. The van der Waals surface area contributed by atoms with Crippen molar-refractivity contribution in [1.29, 1.82) is 0 Å². The molecule has 0 atom stereocenters. The van der Waals surface area contributed by atoms with Gasteiger partial charge in [-0.25, -0.2) is 4.98 Å². The summed E-state index contributed by atoms with van der Waals surface area (Å²) in [5.41, 5.74) is 1.48. The minimum absolute atomic E-state index is 0.0280. The van der Waals surface area contributed by atoms with E-state index in [2.05, 4.69) is 16.8 Å². The highest BCUT2D eigenvalue weighted by atomic mass is 35.5. The van der Waals surface area contributed by atoms with Crippen LogP contribution in [0.5, 0.6) is 0 Å². The molecule has 1 aromatic heterocycles. The van der Waals surface area contributed by atoms with Crippen molar-refractivity contribution in [3.8, 4) is 10.6 Å². The molecule has 0 radical (unpaired) electrons. The first kappa shape index (κ1) is 15.5. The van der Waals surface area contributed by atoms with Crippen molar-refractivity contribution in [2.24, 2.45) is 0 Å². The Morgan fingerprint density at radius 1 is 1.32 bits per heavy atom. The van der Waals surface area contributed by atoms with E-state index in [9.17, 15) is 4.79 Å². The highest BCUT2D eigenvalue weighted by molar-refractivity contribution is 7.13. The third-order valence-electron chi connectivity index (χ3n) is 3.90. The highest BCUT2D eigenvalue weighted by Crippen LogP contribution is 2.26. The van der Waals surface area contributed by atoms with Gasteiger partial charge in [0, 0.05) is 42.1 Å². The van der Waals surface area contributed by atoms with Gasteiger partial charge in [-0.2, -0.15) is 0 Å². The molecule has 0 unspecified atom stereocenters. The van der Waals surface area contributed by atoms with Crippen LogP contribution in [0.3, 0.4) is 0 Å². The van der Waals surface area contributed by atoms with Crippen LogP contribution in [0.1, 0.15) is 17.4 Å². The minimum Gasteiger partial charge on any atom is -0.335 e. The summed E-state index contributed by atoms with van der Waals surface area (Å²) in [5.74, 6) is 0.0280. The van der Waals surface area contributed by atoms with Gasteiger partial charge >= 0.3 is 0 Å². The number of amides is 1. The Morgan fingerprint density at radius 3 is 2.77 bits per heavy atom. The second kappa shape index (κ2) is 6.77. The number of nitrogens with zero attached hydrogens (tertiary/aromatic N) is 3. The van der Waals surface area contributed by atoms with Crippen molar-refractivity contribution < 1.29 is 4.79 Å². The van der Waals surface area contributed by atoms with Crippen LogP contribution >= 0.6 is 22.9 Å². The SMILES string of the molecule is CCN1CCN(C(=O)c2csc(-c3cccc(Cl)c3)n2)CC1. The Kier molecular flexibility index (Phi) is 4.76. The van der Waals surface area contributed by atoms with Gasteiger partial charge in [0.25, 0.3) is 5.91 Å². The number of halogens is 1. The predicted molar refractivity (Wildman–Crippen MR) is 90.6 cm³/mol. The fraction of sp³-hybridized carbons (Fsp3) is 0.375. The largest absolute Gasteiger partial charge is 0.335 e. The molecule has 6 heteroatoms. The van der Waals surface area contributed by atoms with E-state index in [1.165, 1.54) is 11.3 Å². The van der Waals surface area contributed by atoms with E-state index in [-0.39, 0.29) is 5.91 Å². The standard InChI is InChI=1S/C16H18ClN3OS/c1-2-19-6-8-20(9-7-19)16(21)14-11-22-15(18-14)12-4-3-5-13(17)10-12/h3-5,10-11H,2,6-9H2,1H3. The third-order valence-corrected chi connectivity index (χ3v) is 5.03. The van der Waals surface area contributed by atoms with Crippen LogP contribution in [0.2, 0.25) is 5.02 Å². The number of hydrogen-bond donors (Lipinski definition) is 0. The Bertz CT molecular complexity index is 665. The summed E-state index contributed by atoms with van der Waals surface area (Å²) in [6.07, 6.45) is 0. The summed E-state index contributed by atoms with van der Waals surface area (Å²) in [5, 5.41) is 3.35. The third kappa shape index (κ3) is 3.32. The predicted octanol–water partition coefficient (Wildman–Crippen LogP) is 3.24. The van der Waals surface area contributed by atoms with Crippen LogP contribution in [0.25, 0.3) is 10.6 Å². The Hall–Kier alpha value is -1.43. The van der Waals surface area contributed by atoms with Gasteiger partial charge in [-0.15, -0.1) is 11.3 Å². The molecule has 3 rings (SSSR count). The molecule has 0 saturated carbocycles. The van der Waals surface area contributed by atoms with Crippen LogP contribution in [0.4, 0.5) is 0 Å². The molecule has 0 spiro atoms. The Balaban J connectivity index is 1.72. The number of carbonyl (C=O) groups excluding carboxylic acids is 1. The lowest BCUT2D eigenvalue weighted by atomic mass is 10.2. The zero-order chi connectivity index (χ0) is 15.5. The average Bonchev–Trinajstić information content (AvgIpc) is 3.04. The smallest absolute Gasteiger partial charge is 0.273 e. The molecular weight excluding hydrogens is 318 g/mol. The van der Waals surface area contributed by atoms with E-state index >= 15 is 0 Å². The van der Waals surface area contributed by atoms with Crippen LogP contribution in [0, 0.1) is 0 Å². The van der Waals surface area contributed by atoms with Gasteiger partial charge in [-0.3, -0.25) is 4.79 Å². The maximum atomic E-state index is 12.5. The maximum Gasteiger partial charge on any atom is 0.273 e. The minimum atomic E-state index is 0.0280. The van der Waals surface area contributed by atoms with E-state index < -0.39 is 0 Å². The second-order valence-electron chi connectivity index (χ2n) is 5.27. The molecular formula is C16H18ClN3OS. The molecule has 4 nitrogen and oxygen atoms in total. The molecule has 1 aliphatic heterocycles. The number of likely N-dealkylation sites (N-methyl/N-ethyl adjacent to an activating group) is 1.